The van der Waals surface area contributed by atoms with Crippen molar-refractivity contribution in [1.29, 1.82) is 0 Å². The highest BCUT2D eigenvalue weighted by Crippen LogP contribution is 2.29. The monoisotopic (exact) mass is 258 g/mol. The first kappa shape index (κ1) is 8.93. The number of aliphatic hydroxyl groups is 1. The number of thiazole rings is 1. The van der Waals surface area contributed by atoms with E-state index in [-0.39, 0.29) is 6.61 Å². The van der Waals surface area contributed by atoms with Crippen LogP contribution in [-0.4, -0.2) is 10.1 Å². The summed E-state index contributed by atoms with van der Waals surface area (Å²) in [6, 6.07) is 3.80. The van der Waals surface area contributed by atoms with E-state index < -0.39 is 0 Å². The molecule has 0 aliphatic heterocycles. The first-order valence-electron chi connectivity index (χ1n) is 3.66. The molecule has 0 saturated heterocycles. The van der Waals surface area contributed by atoms with Crippen LogP contribution in [-0.2, 0) is 6.61 Å². The van der Waals surface area contributed by atoms with Gasteiger partial charge in [-0.1, -0.05) is 27.3 Å². The number of nitrogens with zero attached hydrogens (tertiary/aromatic N) is 1. The van der Waals surface area contributed by atoms with Gasteiger partial charge in [-0.05, 0) is 12.1 Å². The van der Waals surface area contributed by atoms with E-state index in [4.69, 9.17) is 10.8 Å². The summed E-state index contributed by atoms with van der Waals surface area (Å²) in [6.07, 6.45) is 0. The van der Waals surface area contributed by atoms with Gasteiger partial charge in [-0.2, -0.15) is 0 Å². The largest absolute Gasteiger partial charge is 0.392 e. The molecule has 0 amide bonds. The molecule has 1 aromatic carbocycles. The smallest absolute Gasteiger partial charge is 0.181 e. The zero-order valence-corrected chi connectivity index (χ0v) is 9.02. The van der Waals surface area contributed by atoms with Crippen LogP contribution in [0.3, 0.4) is 0 Å². The molecule has 5 heteroatoms. The standard InChI is InChI=1S/C8H7BrN2OS/c9-5-1-4(3-12)7-6(2-5)13-8(10)11-7/h1-2,12H,3H2,(H2,10,11). The molecule has 1 heterocycles. The van der Waals surface area contributed by atoms with Crippen LogP contribution in [0, 0.1) is 0 Å². The SMILES string of the molecule is Nc1nc2c(CO)cc(Br)cc2s1. The van der Waals surface area contributed by atoms with Crippen LogP contribution >= 0.6 is 27.3 Å². The lowest BCUT2D eigenvalue weighted by atomic mass is 10.2. The lowest BCUT2D eigenvalue weighted by Crippen LogP contribution is -1.86. The van der Waals surface area contributed by atoms with Crippen molar-refractivity contribution in [1.82, 2.24) is 4.98 Å². The molecular weight excluding hydrogens is 252 g/mol. The fourth-order valence-electron chi connectivity index (χ4n) is 1.20. The van der Waals surface area contributed by atoms with Crippen LogP contribution in [0.15, 0.2) is 16.6 Å². The number of hydrogen-bond donors (Lipinski definition) is 2. The maximum absolute atomic E-state index is 9.07. The minimum Gasteiger partial charge on any atom is -0.392 e. The van der Waals surface area contributed by atoms with Crippen LogP contribution in [0.2, 0.25) is 0 Å². The van der Waals surface area contributed by atoms with Gasteiger partial charge in [0.05, 0.1) is 16.8 Å². The molecule has 0 fully saturated rings. The summed E-state index contributed by atoms with van der Waals surface area (Å²) in [6.45, 7) is -0.0148. The molecule has 0 bridgehead atoms. The van der Waals surface area contributed by atoms with E-state index in [1.54, 1.807) is 0 Å². The number of halogens is 1. The Bertz CT molecular complexity index is 455. The number of aliphatic hydroxyl groups excluding tert-OH is 1. The molecule has 0 saturated carbocycles. The Morgan fingerprint density at radius 3 is 3.00 bits per heavy atom. The van der Waals surface area contributed by atoms with Crippen LogP contribution < -0.4 is 5.73 Å². The van der Waals surface area contributed by atoms with Crippen LogP contribution in [0.1, 0.15) is 5.56 Å². The minimum absolute atomic E-state index is 0.0148. The van der Waals surface area contributed by atoms with Crippen LogP contribution in [0.25, 0.3) is 10.2 Å². The molecule has 0 unspecified atom stereocenters. The van der Waals surface area contributed by atoms with E-state index in [0.717, 1.165) is 20.3 Å². The number of hydrogen-bond acceptors (Lipinski definition) is 4. The third kappa shape index (κ3) is 1.54. The number of benzene rings is 1. The second-order valence-electron chi connectivity index (χ2n) is 2.62. The highest BCUT2D eigenvalue weighted by Gasteiger charge is 2.06. The first-order valence-corrected chi connectivity index (χ1v) is 5.27. The quantitative estimate of drug-likeness (QED) is 0.824. The van der Waals surface area contributed by atoms with Crippen molar-refractivity contribution in [3.8, 4) is 0 Å². The number of nitrogen functional groups attached to an aromatic ring is 1. The number of nitrogens with two attached hydrogens (primary N) is 1. The molecule has 68 valence electrons. The summed E-state index contributed by atoms with van der Waals surface area (Å²) >= 11 is 4.78. The Balaban J connectivity index is 2.80. The fourth-order valence-corrected chi connectivity index (χ4v) is 2.68. The number of aromatic nitrogens is 1. The molecule has 2 aromatic rings. The number of rotatable bonds is 1. The van der Waals surface area contributed by atoms with Gasteiger partial charge in [0.2, 0.25) is 0 Å². The first-order chi connectivity index (χ1) is 6.20. The van der Waals surface area contributed by atoms with Gasteiger partial charge in [0, 0.05) is 10.0 Å². The maximum Gasteiger partial charge on any atom is 0.181 e. The molecular formula is C8H7BrN2OS. The minimum atomic E-state index is -0.0148. The molecule has 0 atom stereocenters. The zero-order chi connectivity index (χ0) is 9.42. The highest BCUT2D eigenvalue weighted by molar-refractivity contribution is 9.10. The van der Waals surface area contributed by atoms with E-state index in [1.165, 1.54) is 11.3 Å². The lowest BCUT2D eigenvalue weighted by Gasteiger charge is -1.97. The van der Waals surface area contributed by atoms with Gasteiger partial charge in [-0.25, -0.2) is 4.98 Å². The Morgan fingerprint density at radius 2 is 2.31 bits per heavy atom. The normalized spacial score (nSPS) is 10.9. The molecule has 2 rings (SSSR count). The van der Waals surface area contributed by atoms with E-state index in [2.05, 4.69) is 20.9 Å². The molecule has 0 aliphatic carbocycles. The summed E-state index contributed by atoms with van der Waals surface area (Å²) in [7, 11) is 0. The molecule has 0 radical (unpaired) electrons. The van der Waals surface area contributed by atoms with E-state index in [9.17, 15) is 0 Å². The highest BCUT2D eigenvalue weighted by atomic mass is 79.9. The van der Waals surface area contributed by atoms with Crippen molar-refractivity contribution in [2.75, 3.05) is 5.73 Å². The zero-order valence-electron chi connectivity index (χ0n) is 6.62. The average Bonchev–Trinajstić information content (AvgIpc) is 2.43. The van der Waals surface area contributed by atoms with Gasteiger partial charge in [0.1, 0.15) is 0 Å². The lowest BCUT2D eigenvalue weighted by molar-refractivity contribution is 0.283. The van der Waals surface area contributed by atoms with Crippen molar-refractivity contribution in [2.24, 2.45) is 0 Å². The predicted octanol–water partition coefficient (Wildman–Crippen LogP) is 2.13. The van der Waals surface area contributed by atoms with Crippen LogP contribution in [0.4, 0.5) is 5.13 Å². The second-order valence-corrected chi connectivity index (χ2v) is 4.60. The van der Waals surface area contributed by atoms with E-state index in [0.29, 0.717) is 5.13 Å². The van der Waals surface area contributed by atoms with Crippen molar-refractivity contribution in [3.05, 3.63) is 22.2 Å². The Hall–Kier alpha value is -0.650. The number of anilines is 1. The summed E-state index contributed by atoms with van der Waals surface area (Å²) in [5, 5.41) is 9.60. The van der Waals surface area contributed by atoms with Gasteiger partial charge < -0.3 is 10.8 Å². The van der Waals surface area contributed by atoms with Gasteiger partial charge in [0.15, 0.2) is 5.13 Å². The average molecular weight is 259 g/mol. The summed E-state index contributed by atoms with van der Waals surface area (Å²) in [5.41, 5.74) is 7.18. The second kappa shape index (κ2) is 3.25. The maximum atomic E-state index is 9.07. The Kier molecular flexibility index (Phi) is 2.23. The van der Waals surface area contributed by atoms with E-state index in [1.807, 2.05) is 12.1 Å². The fraction of sp³-hybridized carbons (Fsp3) is 0.125. The van der Waals surface area contributed by atoms with Crippen molar-refractivity contribution < 1.29 is 5.11 Å². The molecule has 3 nitrogen and oxygen atoms in total. The van der Waals surface area contributed by atoms with Gasteiger partial charge >= 0.3 is 0 Å². The molecule has 0 spiro atoms. The summed E-state index contributed by atoms with van der Waals surface area (Å²) in [5.74, 6) is 0. The third-order valence-corrected chi connectivity index (χ3v) is 3.01. The molecule has 1 aromatic heterocycles. The number of fused-ring (bicyclic) bond motifs is 1. The van der Waals surface area contributed by atoms with Crippen molar-refractivity contribution in [2.45, 2.75) is 6.61 Å². The topological polar surface area (TPSA) is 59.1 Å². The third-order valence-electron chi connectivity index (χ3n) is 1.73. The van der Waals surface area contributed by atoms with Gasteiger partial charge in [-0.3, -0.25) is 0 Å². The molecule has 3 N–H and O–H groups in total. The molecule has 13 heavy (non-hydrogen) atoms. The Morgan fingerprint density at radius 1 is 1.54 bits per heavy atom. The van der Waals surface area contributed by atoms with Gasteiger partial charge in [-0.15, -0.1) is 0 Å². The predicted molar refractivity (Wildman–Crippen MR) is 57.7 cm³/mol. The molecule has 0 aliphatic rings. The Labute approximate surface area is 87.3 Å². The van der Waals surface area contributed by atoms with Crippen molar-refractivity contribution >= 4 is 42.6 Å². The summed E-state index contributed by atoms with van der Waals surface area (Å²) in [4.78, 5) is 4.14. The summed E-state index contributed by atoms with van der Waals surface area (Å²) < 4.78 is 1.93. The van der Waals surface area contributed by atoms with Crippen molar-refractivity contribution in [3.63, 3.8) is 0 Å². The van der Waals surface area contributed by atoms with E-state index >= 15 is 0 Å². The van der Waals surface area contributed by atoms with Crippen LogP contribution in [0.5, 0.6) is 0 Å². The van der Waals surface area contributed by atoms with Gasteiger partial charge in [0.25, 0.3) is 0 Å².